The Bertz CT molecular complexity index is 1170. The van der Waals surface area contributed by atoms with E-state index in [-0.39, 0.29) is 0 Å². The van der Waals surface area contributed by atoms with Gasteiger partial charge < -0.3 is 20.5 Å². The number of nitrogens with zero attached hydrogens (tertiary/aromatic N) is 3. The van der Waals surface area contributed by atoms with Gasteiger partial charge in [-0.2, -0.15) is 5.10 Å². The number of nitrogens with one attached hydrogen (secondary N) is 1. The lowest BCUT2D eigenvalue weighted by molar-refractivity contribution is 0.0600. The van der Waals surface area contributed by atoms with Gasteiger partial charge in [0.15, 0.2) is 0 Å². The number of benzene rings is 1. The van der Waals surface area contributed by atoms with Crippen LogP contribution in [0.5, 0.6) is 5.88 Å². The molecular formula is C24H29BrClN5O3. The number of nitrogens with two attached hydrogens (primary N) is 1. The van der Waals surface area contributed by atoms with Crippen molar-refractivity contribution >= 4 is 44.9 Å². The van der Waals surface area contributed by atoms with Gasteiger partial charge >= 0.3 is 5.97 Å². The molecule has 0 radical (unpaired) electrons. The molecule has 0 aliphatic carbocycles. The molecule has 0 unspecified atom stereocenters. The average Bonchev–Trinajstić information content (AvgIpc) is 3.18. The summed E-state index contributed by atoms with van der Waals surface area (Å²) in [6.45, 7) is 5.25. The molecule has 0 fully saturated rings. The molecule has 182 valence electrons. The van der Waals surface area contributed by atoms with Gasteiger partial charge in [0.05, 0.1) is 53.1 Å². The Morgan fingerprint density at radius 2 is 2.12 bits per heavy atom. The normalized spacial score (nSPS) is 11.8. The van der Waals surface area contributed by atoms with Crippen molar-refractivity contribution in [2.75, 3.05) is 31.3 Å². The number of aryl methyl sites for hydroxylation is 2. The third kappa shape index (κ3) is 6.21. The fourth-order valence-electron chi connectivity index (χ4n) is 3.54. The van der Waals surface area contributed by atoms with E-state index in [1.54, 1.807) is 23.0 Å². The van der Waals surface area contributed by atoms with E-state index in [1.165, 1.54) is 7.11 Å². The average molecular weight is 551 g/mol. The van der Waals surface area contributed by atoms with Crippen LogP contribution in [0.25, 0.3) is 11.3 Å². The number of hydrogen-bond acceptors (Lipinski definition) is 7. The summed E-state index contributed by atoms with van der Waals surface area (Å²) in [5, 5.41) is 8.25. The number of rotatable bonds is 10. The van der Waals surface area contributed by atoms with Crippen molar-refractivity contribution in [2.24, 2.45) is 13.0 Å². The Balaban J connectivity index is 1.58. The predicted octanol–water partition coefficient (Wildman–Crippen LogP) is 5.48. The lowest BCUT2D eigenvalue weighted by Crippen LogP contribution is -2.14. The fourth-order valence-corrected chi connectivity index (χ4v) is 4.11. The summed E-state index contributed by atoms with van der Waals surface area (Å²) in [7, 11) is 3.17. The van der Waals surface area contributed by atoms with Crippen LogP contribution in [0.2, 0.25) is 5.02 Å². The molecule has 1 aromatic carbocycles. The number of anilines is 2. The van der Waals surface area contributed by atoms with E-state index in [4.69, 9.17) is 26.8 Å². The van der Waals surface area contributed by atoms with Crippen LogP contribution < -0.4 is 15.8 Å². The Hall–Kier alpha value is -2.78. The molecule has 3 N–H and O–H groups in total. The van der Waals surface area contributed by atoms with Crippen LogP contribution in [0.4, 0.5) is 11.4 Å². The lowest BCUT2D eigenvalue weighted by atomic mass is 10.1. The van der Waals surface area contributed by atoms with Crippen LogP contribution in [-0.2, 0) is 11.8 Å². The number of ether oxygens (including phenoxy) is 2. The van der Waals surface area contributed by atoms with Crippen LogP contribution in [0.1, 0.15) is 35.8 Å². The van der Waals surface area contributed by atoms with Crippen LogP contribution >= 0.6 is 27.5 Å². The second-order valence-corrected chi connectivity index (χ2v) is 9.40. The van der Waals surface area contributed by atoms with Crippen molar-refractivity contribution in [1.82, 2.24) is 14.8 Å². The molecule has 3 aromatic rings. The number of nitrogen functional groups attached to an aromatic ring is 1. The molecule has 2 aromatic heterocycles. The van der Waals surface area contributed by atoms with Gasteiger partial charge in [-0.1, -0.05) is 18.5 Å². The zero-order valence-corrected chi connectivity index (χ0v) is 22.0. The molecule has 34 heavy (non-hydrogen) atoms. The molecule has 10 heteroatoms. The summed E-state index contributed by atoms with van der Waals surface area (Å²) in [5.74, 6) is 0.574. The summed E-state index contributed by atoms with van der Waals surface area (Å²) < 4.78 is 13.4. The monoisotopic (exact) mass is 549 g/mol. The number of hydrogen-bond donors (Lipinski definition) is 2. The quantitative estimate of drug-likeness (QED) is 0.196. The van der Waals surface area contributed by atoms with E-state index >= 15 is 0 Å². The van der Waals surface area contributed by atoms with Crippen LogP contribution in [0.3, 0.4) is 0 Å². The van der Waals surface area contributed by atoms with Gasteiger partial charge in [-0.3, -0.25) is 4.98 Å². The summed E-state index contributed by atoms with van der Waals surface area (Å²) >= 11 is 9.77. The molecule has 0 bridgehead atoms. The minimum absolute atomic E-state index is 0.380. The molecule has 0 amide bonds. The van der Waals surface area contributed by atoms with Gasteiger partial charge in [-0.05, 0) is 65.9 Å². The zero-order chi connectivity index (χ0) is 24.8. The van der Waals surface area contributed by atoms with Crippen molar-refractivity contribution in [1.29, 1.82) is 0 Å². The Kier molecular flexibility index (Phi) is 8.79. The fraction of sp³-hybridized carbons (Fsp3) is 0.375. The third-order valence-corrected chi connectivity index (χ3v) is 6.65. The Labute approximate surface area is 212 Å². The van der Waals surface area contributed by atoms with Gasteiger partial charge in [0.2, 0.25) is 5.88 Å². The summed E-state index contributed by atoms with van der Waals surface area (Å²) in [6.07, 6.45) is 3.49. The zero-order valence-electron chi connectivity index (χ0n) is 19.7. The second-order valence-electron chi connectivity index (χ2n) is 8.16. The molecular weight excluding hydrogens is 522 g/mol. The summed E-state index contributed by atoms with van der Waals surface area (Å²) in [5.41, 5.74) is 9.90. The second kappa shape index (κ2) is 11.6. The van der Waals surface area contributed by atoms with Crippen molar-refractivity contribution in [2.45, 2.75) is 26.7 Å². The summed E-state index contributed by atoms with van der Waals surface area (Å²) in [6, 6.07) is 7.03. The van der Waals surface area contributed by atoms with E-state index < -0.39 is 5.97 Å². The highest BCUT2D eigenvalue weighted by atomic mass is 79.9. The SMILES string of the molecule is COC(=O)c1cc(C)nc(-c2cnn(C)c2OCCC[C@@H](C)CNc2c(N)ccc(Br)c2Cl)c1. The number of halogens is 2. The van der Waals surface area contributed by atoms with E-state index in [2.05, 4.69) is 38.3 Å². The van der Waals surface area contributed by atoms with Gasteiger partial charge in [0, 0.05) is 23.8 Å². The predicted molar refractivity (Wildman–Crippen MR) is 138 cm³/mol. The van der Waals surface area contributed by atoms with Crippen molar-refractivity contribution in [3.63, 3.8) is 0 Å². The van der Waals surface area contributed by atoms with Crippen molar-refractivity contribution in [3.8, 4) is 17.1 Å². The smallest absolute Gasteiger partial charge is 0.337 e. The number of carbonyl (C=O) groups is 1. The Morgan fingerprint density at radius 3 is 2.85 bits per heavy atom. The highest BCUT2D eigenvalue weighted by Crippen LogP contribution is 2.35. The standard InChI is InChI=1S/C24H29BrClN5O3/c1-14(12-28-22-19(27)8-7-18(25)21(22)26)6-5-9-34-23-17(13-29-31(23)3)20-11-16(24(32)33-4)10-15(2)30-20/h7-8,10-11,13-14,28H,5-6,9,12,27H2,1-4H3/t14-/m1/s1. The molecule has 1 atom stereocenters. The minimum atomic E-state index is -0.411. The molecule has 0 aliphatic rings. The molecule has 0 spiro atoms. The van der Waals surface area contributed by atoms with Crippen LogP contribution in [-0.4, -0.2) is 41.0 Å². The van der Waals surface area contributed by atoms with Crippen LogP contribution in [0.15, 0.2) is 34.9 Å². The van der Waals surface area contributed by atoms with Gasteiger partial charge in [-0.25, -0.2) is 9.48 Å². The van der Waals surface area contributed by atoms with Crippen molar-refractivity contribution < 1.29 is 14.3 Å². The number of methoxy groups -OCH3 is 1. The first-order chi connectivity index (χ1) is 16.2. The van der Waals surface area contributed by atoms with Crippen LogP contribution in [0, 0.1) is 12.8 Å². The number of esters is 1. The first-order valence-corrected chi connectivity index (χ1v) is 12.1. The van der Waals surface area contributed by atoms with Crippen molar-refractivity contribution in [3.05, 3.63) is 51.2 Å². The van der Waals surface area contributed by atoms with Gasteiger partial charge in [0.1, 0.15) is 0 Å². The number of aromatic nitrogens is 3. The first-order valence-electron chi connectivity index (χ1n) is 10.9. The van der Waals surface area contributed by atoms with E-state index in [9.17, 15) is 4.79 Å². The molecule has 3 rings (SSSR count). The van der Waals surface area contributed by atoms with E-state index in [0.717, 1.165) is 35.1 Å². The highest BCUT2D eigenvalue weighted by molar-refractivity contribution is 9.10. The van der Waals surface area contributed by atoms with Gasteiger partial charge in [0.25, 0.3) is 0 Å². The van der Waals surface area contributed by atoms with Gasteiger partial charge in [-0.15, -0.1) is 0 Å². The van der Waals surface area contributed by atoms with E-state index in [1.807, 2.05) is 26.1 Å². The third-order valence-electron chi connectivity index (χ3n) is 5.37. The lowest BCUT2D eigenvalue weighted by Gasteiger charge is -2.17. The Morgan fingerprint density at radius 1 is 1.35 bits per heavy atom. The summed E-state index contributed by atoms with van der Waals surface area (Å²) in [4.78, 5) is 16.5. The molecule has 8 nitrogen and oxygen atoms in total. The molecule has 0 aliphatic heterocycles. The molecule has 0 saturated carbocycles. The maximum Gasteiger partial charge on any atom is 0.337 e. The highest BCUT2D eigenvalue weighted by Gasteiger charge is 2.17. The minimum Gasteiger partial charge on any atom is -0.477 e. The molecule has 2 heterocycles. The molecule has 0 saturated heterocycles. The largest absolute Gasteiger partial charge is 0.477 e. The maximum absolute atomic E-state index is 12.0. The maximum atomic E-state index is 12.0. The number of carbonyl (C=O) groups excluding carboxylic acids is 1. The topological polar surface area (TPSA) is 104 Å². The van der Waals surface area contributed by atoms with E-state index in [0.29, 0.717) is 46.1 Å². The number of pyridine rings is 1. The first kappa shape index (κ1) is 25.8.